The number of rotatable bonds is 12. The third-order valence-electron chi connectivity index (χ3n) is 7.78. The van der Waals surface area contributed by atoms with Crippen molar-refractivity contribution in [1.82, 2.24) is 24.5 Å². The van der Waals surface area contributed by atoms with Crippen LogP contribution in [0.5, 0.6) is 5.75 Å². The van der Waals surface area contributed by atoms with Crippen LogP contribution in [0, 0.1) is 10.1 Å². The molecule has 1 heterocycles. The number of hydrogen-bond donors (Lipinski definition) is 0. The number of nitrogens with zero attached hydrogens (tertiary/aromatic N) is 6. The summed E-state index contributed by atoms with van der Waals surface area (Å²) < 4.78 is 15.2. The van der Waals surface area contributed by atoms with Crippen molar-refractivity contribution in [3.8, 4) is 5.75 Å². The van der Waals surface area contributed by atoms with Gasteiger partial charge in [0.15, 0.2) is 0 Å². The van der Waals surface area contributed by atoms with E-state index in [1.54, 1.807) is 0 Å². The van der Waals surface area contributed by atoms with E-state index in [1.165, 1.54) is 43.4 Å². The minimum Gasteiger partial charge on any atom is -0.468 e. The quantitative estimate of drug-likeness (QED) is 0.134. The summed E-state index contributed by atoms with van der Waals surface area (Å²) in [6.45, 7) is 7.66. The van der Waals surface area contributed by atoms with Crippen LogP contribution in [0.3, 0.4) is 0 Å². The summed E-state index contributed by atoms with van der Waals surface area (Å²) in [5.74, 6) is -1.37. The van der Waals surface area contributed by atoms with Crippen molar-refractivity contribution in [3.05, 3.63) is 34.4 Å². The van der Waals surface area contributed by atoms with Crippen LogP contribution < -0.4 is 4.74 Å². The van der Waals surface area contributed by atoms with Gasteiger partial charge < -0.3 is 24.0 Å². The van der Waals surface area contributed by atoms with E-state index in [0.717, 1.165) is 32.5 Å². The standard InChI is InChI=1S/C29H44N6O9/c1-4-30-11-13-32(20-27(37)42-2)17-15-31(16-18-33(14-12-30)21-28(38)43-3)19-26(36)34(23-5-6-23)22-29(39)44-25-9-7-24(8-10-25)35(40)41/h7-10,23H,4-6,11-22H2,1-3H3. The molecule has 244 valence electrons. The van der Waals surface area contributed by atoms with E-state index >= 15 is 0 Å². The Morgan fingerprint density at radius 2 is 1.23 bits per heavy atom. The fraction of sp³-hybridized carbons (Fsp3) is 0.655. The van der Waals surface area contributed by atoms with Gasteiger partial charge in [-0.05, 0) is 31.5 Å². The summed E-state index contributed by atoms with van der Waals surface area (Å²) in [6, 6.07) is 5.11. The van der Waals surface area contributed by atoms with Gasteiger partial charge in [-0.25, -0.2) is 4.79 Å². The molecule has 0 bridgehead atoms. The molecule has 3 rings (SSSR count). The van der Waals surface area contributed by atoms with Crippen LogP contribution in [0.1, 0.15) is 19.8 Å². The fourth-order valence-corrected chi connectivity index (χ4v) is 4.89. The van der Waals surface area contributed by atoms with E-state index in [4.69, 9.17) is 14.2 Å². The second-order valence-electron chi connectivity index (χ2n) is 10.9. The second kappa shape index (κ2) is 17.6. The van der Waals surface area contributed by atoms with Crippen LogP contribution >= 0.6 is 0 Å². The van der Waals surface area contributed by atoms with Crippen LogP contribution in [0.25, 0.3) is 0 Å². The molecule has 0 unspecified atom stereocenters. The number of benzene rings is 1. The third kappa shape index (κ3) is 11.8. The average molecular weight is 621 g/mol. The van der Waals surface area contributed by atoms with Gasteiger partial charge in [-0.2, -0.15) is 0 Å². The zero-order valence-corrected chi connectivity index (χ0v) is 25.9. The van der Waals surface area contributed by atoms with Crippen LogP contribution in [0.15, 0.2) is 24.3 Å². The number of nitro benzene ring substituents is 1. The van der Waals surface area contributed by atoms with Crippen molar-refractivity contribution in [2.24, 2.45) is 0 Å². The van der Waals surface area contributed by atoms with E-state index in [9.17, 15) is 29.3 Å². The lowest BCUT2D eigenvalue weighted by atomic mass is 10.3. The lowest BCUT2D eigenvalue weighted by molar-refractivity contribution is -0.384. The maximum absolute atomic E-state index is 13.6. The molecule has 1 aromatic carbocycles. The van der Waals surface area contributed by atoms with Gasteiger partial charge in [0.2, 0.25) is 5.91 Å². The van der Waals surface area contributed by atoms with E-state index in [1.807, 2.05) is 14.7 Å². The Hall–Kier alpha value is -3.66. The topological polar surface area (TPSA) is 155 Å². The molecular formula is C29H44N6O9. The molecule has 1 saturated heterocycles. The summed E-state index contributed by atoms with van der Waals surface area (Å²) >= 11 is 0. The number of hydrogen-bond acceptors (Lipinski definition) is 13. The van der Waals surface area contributed by atoms with E-state index in [0.29, 0.717) is 39.3 Å². The molecule has 0 radical (unpaired) electrons. The molecule has 1 saturated carbocycles. The number of likely N-dealkylation sites (N-methyl/N-ethyl adjacent to an activating group) is 1. The SMILES string of the molecule is CCN1CCN(CC(=O)OC)CCN(CC(=O)N(CC(=O)Oc2ccc([N+](=O)[O-])cc2)C2CC2)CCN(CC(=O)OC)CC1. The van der Waals surface area contributed by atoms with Gasteiger partial charge in [-0.3, -0.25) is 39.2 Å². The normalized spacial score (nSPS) is 18.0. The van der Waals surface area contributed by atoms with Gasteiger partial charge in [0.05, 0.1) is 38.8 Å². The largest absolute Gasteiger partial charge is 0.468 e. The first kappa shape index (κ1) is 34.8. The fourth-order valence-electron chi connectivity index (χ4n) is 4.89. The van der Waals surface area contributed by atoms with Gasteiger partial charge in [0.25, 0.3) is 5.69 Å². The van der Waals surface area contributed by atoms with E-state index in [-0.39, 0.29) is 61.5 Å². The minimum absolute atomic E-state index is 0.0422. The van der Waals surface area contributed by atoms with Crippen LogP contribution in [-0.2, 0) is 28.7 Å². The molecule has 15 nitrogen and oxygen atoms in total. The summed E-state index contributed by atoms with van der Waals surface area (Å²) in [5.41, 5.74) is -0.122. The Balaban J connectivity index is 1.69. The zero-order chi connectivity index (χ0) is 32.1. The predicted octanol–water partition coefficient (Wildman–Crippen LogP) is 0.0787. The van der Waals surface area contributed by atoms with E-state index in [2.05, 4.69) is 11.8 Å². The molecule has 0 aromatic heterocycles. The molecule has 1 aliphatic heterocycles. The van der Waals surface area contributed by atoms with Crippen LogP contribution in [0.4, 0.5) is 5.69 Å². The third-order valence-corrected chi connectivity index (χ3v) is 7.78. The van der Waals surface area contributed by atoms with Gasteiger partial charge in [0.1, 0.15) is 12.3 Å². The summed E-state index contributed by atoms with van der Waals surface area (Å²) in [7, 11) is 2.72. The Bertz CT molecular complexity index is 1100. The van der Waals surface area contributed by atoms with Crippen LogP contribution in [0.2, 0.25) is 0 Å². The van der Waals surface area contributed by atoms with Crippen molar-refractivity contribution in [2.75, 3.05) is 99.3 Å². The van der Waals surface area contributed by atoms with Gasteiger partial charge >= 0.3 is 17.9 Å². The van der Waals surface area contributed by atoms with Crippen molar-refractivity contribution in [1.29, 1.82) is 0 Å². The highest BCUT2D eigenvalue weighted by Gasteiger charge is 2.35. The number of ether oxygens (including phenoxy) is 3. The first-order chi connectivity index (χ1) is 21.1. The lowest BCUT2D eigenvalue weighted by Gasteiger charge is -2.34. The molecule has 2 fully saturated rings. The highest BCUT2D eigenvalue weighted by Crippen LogP contribution is 2.27. The molecule has 1 aliphatic carbocycles. The summed E-state index contributed by atoms with van der Waals surface area (Å²) in [6.07, 6.45) is 1.56. The number of methoxy groups -OCH3 is 2. The van der Waals surface area contributed by atoms with Gasteiger partial charge in [-0.15, -0.1) is 0 Å². The summed E-state index contributed by atoms with van der Waals surface area (Å²) in [4.78, 5) is 70.7. The monoisotopic (exact) mass is 620 g/mol. The molecular weight excluding hydrogens is 576 g/mol. The van der Waals surface area contributed by atoms with Crippen LogP contribution in [-0.4, -0.2) is 159 Å². The molecule has 1 aromatic rings. The number of carbonyl (C=O) groups excluding carboxylic acids is 4. The van der Waals surface area contributed by atoms with Gasteiger partial charge in [-0.1, -0.05) is 6.92 Å². The first-order valence-corrected chi connectivity index (χ1v) is 14.9. The van der Waals surface area contributed by atoms with Crippen molar-refractivity contribution in [3.63, 3.8) is 0 Å². The molecule has 44 heavy (non-hydrogen) atoms. The smallest absolute Gasteiger partial charge is 0.331 e. The number of non-ortho nitro benzene ring substituents is 1. The van der Waals surface area contributed by atoms with Gasteiger partial charge in [0, 0.05) is 70.5 Å². The highest BCUT2D eigenvalue weighted by molar-refractivity contribution is 5.84. The Morgan fingerprint density at radius 1 is 0.773 bits per heavy atom. The van der Waals surface area contributed by atoms with Crippen molar-refractivity contribution in [2.45, 2.75) is 25.8 Å². The predicted molar refractivity (Wildman–Crippen MR) is 159 cm³/mol. The highest BCUT2D eigenvalue weighted by atomic mass is 16.6. The number of carbonyl (C=O) groups is 4. The average Bonchev–Trinajstić information content (AvgIpc) is 3.85. The number of amides is 1. The second-order valence-corrected chi connectivity index (χ2v) is 10.9. The van der Waals surface area contributed by atoms with Crippen molar-refractivity contribution >= 4 is 29.5 Å². The maximum Gasteiger partial charge on any atom is 0.331 e. The lowest BCUT2D eigenvalue weighted by Crippen LogP contribution is -2.50. The minimum atomic E-state index is -0.637. The molecule has 0 spiro atoms. The number of nitro groups is 1. The Labute approximate surface area is 257 Å². The Kier molecular flexibility index (Phi) is 13.9. The first-order valence-electron chi connectivity index (χ1n) is 14.9. The molecule has 1 amide bonds. The Morgan fingerprint density at radius 3 is 1.64 bits per heavy atom. The molecule has 15 heteroatoms. The maximum atomic E-state index is 13.6. The molecule has 0 N–H and O–H groups in total. The molecule has 0 atom stereocenters. The van der Waals surface area contributed by atoms with E-state index < -0.39 is 10.9 Å². The van der Waals surface area contributed by atoms with Crippen molar-refractivity contribution < 1.29 is 38.3 Å². The number of esters is 3. The molecule has 2 aliphatic rings. The summed E-state index contributed by atoms with van der Waals surface area (Å²) in [5, 5.41) is 10.9. The zero-order valence-electron chi connectivity index (χ0n) is 25.9.